The van der Waals surface area contributed by atoms with Gasteiger partial charge in [0.2, 0.25) is 0 Å². The summed E-state index contributed by atoms with van der Waals surface area (Å²) in [5.74, 6) is 0.0979. The van der Waals surface area contributed by atoms with Crippen molar-refractivity contribution in [1.82, 2.24) is 15.0 Å². The third kappa shape index (κ3) is 3.63. The minimum absolute atomic E-state index is 0.122. The van der Waals surface area contributed by atoms with Gasteiger partial charge in [0.15, 0.2) is 0 Å². The van der Waals surface area contributed by atoms with Crippen molar-refractivity contribution in [2.75, 3.05) is 13.1 Å². The van der Waals surface area contributed by atoms with Crippen molar-refractivity contribution >= 4 is 17.0 Å². The Hall–Kier alpha value is -3.62. The van der Waals surface area contributed by atoms with Crippen molar-refractivity contribution in [2.24, 2.45) is 5.92 Å². The number of likely N-dealkylation sites (tertiary alicyclic amines) is 1. The van der Waals surface area contributed by atoms with E-state index in [2.05, 4.69) is 10.1 Å². The molecule has 0 atom stereocenters. The number of nitrogens with zero attached hydrogens (tertiary/aromatic N) is 3. The van der Waals surface area contributed by atoms with E-state index in [9.17, 15) is 18.0 Å². The van der Waals surface area contributed by atoms with Gasteiger partial charge in [-0.25, -0.2) is 4.98 Å². The van der Waals surface area contributed by atoms with Crippen LogP contribution in [0.1, 0.15) is 27.2 Å². The number of pyridine rings is 1. The van der Waals surface area contributed by atoms with Gasteiger partial charge in [0, 0.05) is 18.7 Å². The lowest BCUT2D eigenvalue weighted by molar-refractivity contribution is -0.137. The number of benzene rings is 1. The van der Waals surface area contributed by atoms with Crippen LogP contribution in [0.2, 0.25) is 0 Å². The Morgan fingerprint density at radius 2 is 2.03 bits per heavy atom. The van der Waals surface area contributed by atoms with E-state index in [1.807, 2.05) is 6.07 Å². The Bertz CT molecular complexity index is 1290. The molecule has 0 saturated carbocycles. The summed E-state index contributed by atoms with van der Waals surface area (Å²) in [6.07, 6.45) is -0.357. The second kappa shape index (κ2) is 7.51. The third-order valence-corrected chi connectivity index (χ3v) is 5.68. The molecule has 1 amide bonds. The van der Waals surface area contributed by atoms with Crippen LogP contribution >= 0.6 is 0 Å². The van der Waals surface area contributed by atoms with Crippen molar-refractivity contribution in [3.05, 3.63) is 71.3 Å². The highest BCUT2D eigenvalue weighted by molar-refractivity contribution is 6.07. The fourth-order valence-corrected chi connectivity index (χ4v) is 4.04. The number of carbonyl (C=O) groups excluding carboxylic acids is 1. The Morgan fingerprint density at radius 3 is 2.75 bits per heavy atom. The molecule has 1 aliphatic heterocycles. The molecule has 1 aromatic carbocycles. The van der Waals surface area contributed by atoms with Crippen LogP contribution in [0.15, 0.2) is 57.9 Å². The predicted octanol–water partition coefficient (Wildman–Crippen LogP) is 5.12. The van der Waals surface area contributed by atoms with Crippen molar-refractivity contribution < 1.29 is 26.9 Å². The van der Waals surface area contributed by atoms with E-state index in [1.54, 1.807) is 24.3 Å². The van der Waals surface area contributed by atoms with E-state index in [0.29, 0.717) is 35.7 Å². The molecule has 4 aromatic rings. The van der Waals surface area contributed by atoms with Gasteiger partial charge in [-0.2, -0.15) is 13.2 Å². The topological polar surface area (TPSA) is 72.4 Å². The zero-order chi connectivity index (χ0) is 22.5. The van der Waals surface area contributed by atoms with Gasteiger partial charge in [-0.15, -0.1) is 0 Å². The van der Waals surface area contributed by atoms with E-state index < -0.39 is 11.7 Å². The van der Waals surface area contributed by atoms with Crippen molar-refractivity contribution in [2.45, 2.75) is 19.5 Å². The molecule has 1 saturated heterocycles. The first-order chi connectivity index (χ1) is 15.3. The highest BCUT2D eigenvalue weighted by atomic mass is 19.4. The predicted molar refractivity (Wildman–Crippen MR) is 109 cm³/mol. The lowest BCUT2D eigenvalue weighted by Crippen LogP contribution is -2.50. The average Bonchev–Trinajstić information content (AvgIpc) is 3.39. The van der Waals surface area contributed by atoms with Crippen LogP contribution in [0.3, 0.4) is 0 Å². The van der Waals surface area contributed by atoms with Crippen molar-refractivity contribution in [1.29, 1.82) is 0 Å². The summed E-state index contributed by atoms with van der Waals surface area (Å²) in [5, 5.41) is 4.38. The van der Waals surface area contributed by atoms with Gasteiger partial charge >= 0.3 is 6.18 Å². The summed E-state index contributed by atoms with van der Waals surface area (Å²) >= 11 is 0. The molecule has 164 valence electrons. The molecule has 0 radical (unpaired) electrons. The largest absolute Gasteiger partial charge is 0.472 e. The number of hydrogen-bond donors (Lipinski definition) is 0. The van der Waals surface area contributed by atoms with Crippen LogP contribution < -0.4 is 0 Å². The van der Waals surface area contributed by atoms with E-state index >= 15 is 0 Å². The van der Waals surface area contributed by atoms with Crippen LogP contribution in [0.5, 0.6) is 0 Å². The van der Waals surface area contributed by atoms with Crippen LogP contribution in [-0.2, 0) is 12.6 Å². The fraction of sp³-hybridized carbons (Fsp3) is 0.261. The Kier molecular flexibility index (Phi) is 4.76. The van der Waals surface area contributed by atoms with Gasteiger partial charge in [0.1, 0.15) is 0 Å². The summed E-state index contributed by atoms with van der Waals surface area (Å²) in [6, 6.07) is 8.26. The first kappa shape index (κ1) is 20.3. The molecule has 1 fully saturated rings. The number of fused-ring (bicyclic) bond motifs is 1. The Morgan fingerprint density at radius 1 is 1.22 bits per heavy atom. The standard InChI is InChI=1S/C23H18F3N3O3/c1-13-20-18(22(30)29-10-15(11-29)7-14-5-6-31-12-14)9-19(27-21(20)32-28-13)16-3-2-4-17(8-16)23(24,25)26/h2-6,8-9,12,15H,7,10-11H2,1H3. The molecule has 6 nitrogen and oxygen atoms in total. The SMILES string of the molecule is Cc1noc2nc(-c3cccc(C(F)(F)F)c3)cc(C(=O)N3CC(Cc4ccoc4)C3)c12. The van der Waals surface area contributed by atoms with Crippen LogP contribution in [0.25, 0.3) is 22.4 Å². The van der Waals surface area contributed by atoms with Gasteiger partial charge in [-0.05, 0) is 49.1 Å². The maximum Gasteiger partial charge on any atom is 0.416 e. The lowest BCUT2D eigenvalue weighted by Gasteiger charge is -2.39. The Labute approximate surface area is 180 Å². The van der Waals surface area contributed by atoms with E-state index in [0.717, 1.165) is 24.1 Å². The first-order valence-electron chi connectivity index (χ1n) is 10.0. The van der Waals surface area contributed by atoms with Crippen LogP contribution in [-0.4, -0.2) is 34.0 Å². The minimum Gasteiger partial charge on any atom is -0.472 e. The molecule has 0 spiro atoms. The number of rotatable bonds is 4. The van der Waals surface area contributed by atoms with Gasteiger partial charge in [-0.1, -0.05) is 17.3 Å². The molecular weight excluding hydrogens is 423 g/mol. The first-order valence-corrected chi connectivity index (χ1v) is 10.0. The Balaban J connectivity index is 1.47. The van der Waals surface area contributed by atoms with E-state index in [1.165, 1.54) is 18.2 Å². The summed E-state index contributed by atoms with van der Waals surface area (Å²) < 4.78 is 49.8. The minimum atomic E-state index is -4.48. The summed E-state index contributed by atoms with van der Waals surface area (Å²) in [4.78, 5) is 19.3. The lowest BCUT2D eigenvalue weighted by atomic mass is 9.92. The van der Waals surface area contributed by atoms with Gasteiger partial charge < -0.3 is 13.8 Å². The summed E-state index contributed by atoms with van der Waals surface area (Å²) in [7, 11) is 0. The number of halogens is 3. The van der Waals surface area contributed by atoms with Gasteiger partial charge in [0.05, 0.1) is 40.4 Å². The average molecular weight is 441 g/mol. The zero-order valence-electron chi connectivity index (χ0n) is 17.0. The third-order valence-electron chi connectivity index (χ3n) is 5.68. The molecule has 32 heavy (non-hydrogen) atoms. The highest BCUT2D eigenvalue weighted by Gasteiger charge is 2.34. The molecule has 5 rings (SSSR count). The van der Waals surface area contributed by atoms with Crippen molar-refractivity contribution in [3.8, 4) is 11.3 Å². The number of aryl methyl sites for hydroxylation is 1. The molecule has 4 heterocycles. The van der Waals surface area contributed by atoms with Crippen molar-refractivity contribution in [3.63, 3.8) is 0 Å². The maximum absolute atomic E-state index is 13.3. The fourth-order valence-electron chi connectivity index (χ4n) is 4.04. The second-order valence-corrected chi connectivity index (χ2v) is 7.99. The summed E-state index contributed by atoms with van der Waals surface area (Å²) in [5.41, 5.74) is 1.70. The number of carbonyl (C=O) groups is 1. The monoisotopic (exact) mass is 441 g/mol. The number of amides is 1. The smallest absolute Gasteiger partial charge is 0.416 e. The second-order valence-electron chi connectivity index (χ2n) is 7.99. The summed E-state index contributed by atoms with van der Waals surface area (Å²) in [6.45, 7) is 2.86. The molecule has 9 heteroatoms. The maximum atomic E-state index is 13.3. The number of furan rings is 1. The molecular formula is C23H18F3N3O3. The van der Waals surface area contributed by atoms with E-state index in [4.69, 9.17) is 8.94 Å². The molecule has 0 aliphatic carbocycles. The highest BCUT2D eigenvalue weighted by Crippen LogP contribution is 2.34. The molecule has 0 unspecified atom stereocenters. The van der Waals surface area contributed by atoms with Gasteiger partial charge in [-0.3, -0.25) is 4.79 Å². The number of hydrogen-bond acceptors (Lipinski definition) is 5. The quantitative estimate of drug-likeness (QED) is 0.439. The van der Waals surface area contributed by atoms with Crippen LogP contribution in [0, 0.1) is 12.8 Å². The molecule has 1 aliphatic rings. The number of aromatic nitrogens is 2. The zero-order valence-corrected chi connectivity index (χ0v) is 17.0. The van der Waals surface area contributed by atoms with Crippen LogP contribution in [0.4, 0.5) is 13.2 Å². The normalized spacial score (nSPS) is 14.7. The van der Waals surface area contributed by atoms with E-state index in [-0.39, 0.29) is 22.9 Å². The molecule has 0 bridgehead atoms. The van der Waals surface area contributed by atoms with Gasteiger partial charge in [0.25, 0.3) is 11.6 Å². The molecule has 3 aromatic heterocycles. The molecule has 0 N–H and O–H groups in total. The number of alkyl halides is 3.